The summed E-state index contributed by atoms with van der Waals surface area (Å²) < 4.78 is 0. The van der Waals surface area contributed by atoms with Gasteiger partial charge in [0, 0.05) is 13.2 Å². The highest BCUT2D eigenvalue weighted by atomic mass is 16.3. The van der Waals surface area contributed by atoms with Crippen molar-refractivity contribution in [3.05, 3.63) is 41.2 Å². The van der Waals surface area contributed by atoms with Gasteiger partial charge in [-0.15, -0.1) is 0 Å². The number of hydrogen-bond donors (Lipinski definition) is 2. The maximum Gasteiger partial charge on any atom is 0.0969 e. The van der Waals surface area contributed by atoms with Crippen molar-refractivity contribution in [3.8, 4) is 5.69 Å². The third-order valence-corrected chi connectivity index (χ3v) is 3.83. The number of aryl methyl sites for hydroxylation is 2. The lowest BCUT2D eigenvalue weighted by Crippen LogP contribution is -2.23. The molecule has 0 radical (unpaired) electrons. The number of benzene rings is 1. The summed E-state index contributed by atoms with van der Waals surface area (Å²) in [6, 6.07) is 6.30. The first-order valence-electron chi connectivity index (χ1n) is 7.93. The summed E-state index contributed by atoms with van der Waals surface area (Å²) >= 11 is 0. The van der Waals surface area contributed by atoms with Gasteiger partial charge in [0.25, 0.3) is 0 Å². The lowest BCUT2D eigenvalue weighted by Gasteiger charge is -2.13. The lowest BCUT2D eigenvalue weighted by molar-refractivity contribution is 0.251. The molecule has 0 bridgehead atoms. The molecule has 0 saturated carbocycles. The zero-order valence-electron chi connectivity index (χ0n) is 13.7. The largest absolute Gasteiger partial charge is 0.396 e. The molecule has 1 aromatic heterocycles. The van der Waals surface area contributed by atoms with Crippen LogP contribution < -0.4 is 5.32 Å². The number of nitrogens with one attached hydrogen (secondary N) is 1. The number of aliphatic hydroxyl groups excluding tert-OH is 1. The molecular weight excluding hydrogens is 276 g/mol. The molecule has 0 fully saturated rings. The van der Waals surface area contributed by atoms with E-state index < -0.39 is 0 Å². The number of aliphatic hydroxyl groups is 1. The Labute approximate surface area is 132 Å². The van der Waals surface area contributed by atoms with Crippen LogP contribution in [0, 0.1) is 19.8 Å². The maximum absolute atomic E-state index is 9.00. The van der Waals surface area contributed by atoms with Crippen molar-refractivity contribution in [2.24, 2.45) is 5.92 Å². The second-order valence-corrected chi connectivity index (χ2v) is 5.89. The number of hydrogen-bond acceptors (Lipinski definition) is 4. The van der Waals surface area contributed by atoms with E-state index in [1.807, 2.05) is 0 Å². The Morgan fingerprint density at radius 1 is 1.23 bits per heavy atom. The summed E-state index contributed by atoms with van der Waals surface area (Å²) in [5.41, 5.74) is 4.34. The average molecular weight is 302 g/mol. The summed E-state index contributed by atoms with van der Waals surface area (Å²) in [5.74, 6) is 0.513. The molecule has 1 heterocycles. The molecule has 2 aromatic rings. The van der Waals surface area contributed by atoms with Crippen LogP contribution in [0.1, 0.15) is 36.6 Å². The van der Waals surface area contributed by atoms with Gasteiger partial charge in [0.15, 0.2) is 0 Å². The lowest BCUT2D eigenvalue weighted by atomic mass is 10.0. The fraction of sp³-hybridized carbons (Fsp3) is 0.529. The molecule has 0 spiro atoms. The molecule has 1 atom stereocenters. The van der Waals surface area contributed by atoms with E-state index in [2.05, 4.69) is 54.5 Å². The van der Waals surface area contributed by atoms with Gasteiger partial charge in [-0.05, 0) is 56.0 Å². The van der Waals surface area contributed by atoms with E-state index in [1.54, 1.807) is 11.0 Å². The predicted molar refractivity (Wildman–Crippen MR) is 88.0 cm³/mol. The van der Waals surface area contributed by atoms with Gasteiger partial charge in [-0.1, -0.05) is 19.4 Å². The second kappa shape index (κ2) is 8.06. The smallest absolute Gasteiger partial charge is 0.0969 e. The Kier molecular flexibility index (Phi) is 6.10. The zero-order valence-corrected chi connectivity index (χ0v) is 13.7. The highest BCUT2D eigenvalue weighted by Crippen LogP contribution is 2.12. The maximum atomic E-state index is 9.00. The highest BCUT2D eigenvalue weighted by Gasteiger charge is 2.07. The van der Waals surface area contributed by atoms with Crippen LogP contribution in [0.25, 0.3) is 5.69 Å². The monoisotopic (exact) mass is 302 g/mol. The third kappa shape index (κ3) is 4.64. The molecule has 0 aliphatic rings. The first-order valence-corrected chi connectivity index (χ1v) is 7.93. The molecule has 22 heavy (non-hydrogen) atoms. The van der Waals surface area contributed by atoms with E-state index in [0.29, 0.717) is 12.5 Å². The van der Waals surface area contributed by atoms with Crippen molar-refractivity contribution < 1.29 is 5.11 Å². The fourth-order valence-corrected chi connectivity index (χ4v) is 2.60. The van der Waals surface area contributed by atoms with Crippen LogP contribution in [0.5, 0.6) is 0 Å². The molecule has 0 aliphatic heterocycles. The van der Waals surface area contributed by atoms with Crippen LogP contribution in [-0.4, -0.2) is 33.3 Å². The summed E-state index contributed by atoms with van der Waals surface area (Å²) in [7, 11) is 0. The molecular formula is C17H26N4O. The molecule has 120 valence electrons. The Morgan fingerprint density at radius 2 is 1.95 bits per heavy atom. The van der Waals surface area contributed by atoms with Gasteiger partial charge < -0.3 is 10.4 Å². The van der Waals surface area contributed by atoms with E-state index in [-0.39, 0.29) is 6.61 Å². The van der Waals surface area contributed by atoms with Gasteiger partial charge >= 0.3 is 0 Å². The van der Waals surface area contributed by atoms with E-state index in [1.165, 1.54) is 11.1 Å². The Balaban J connectivity index is 1.94. The van der Waals surface area contributed by atoms with Crippen molar-refractivity contribution in [2.45, 2.75) is 40.2 Å². The summed E-state index contributed by atoms with van der Waals surface area (Å²) in [6.45, 7) is 8.16. The minimum atomic E-state index is 0.253. The van der Waals surface area contributed by atoms with Crippen LogP contribution in [0.2, 0.25) is 0 Å². The molecule has 0 amide bonds. The summed E-state index contributed by atoms with van der Waals surface area (Å²) in [5, 5.41) is 21.3. The standard InChI is InChI=1S/C17H26N4O/c1-4-15(5-6-22)10-18-11-16-12-19-21(20-16)17-8-13(2)7-14(3)9-17/h7-9,12,15,18,22H,4-6,10-11H2,1-3H3. The first-order chi connectivity index (χ1) is 10.6. The molecule has 1 aromatic carbocycles. The van der Waals surface area contributed by atoms with Crippen molar-refractivity contribution in [2.75, 3.05) is 13.2 Å². The van der Waals surface area contributed by atoms with Gasteiger partial charge in [-0.2, -0.15) is 15.0 Å². The topological polar surface area (TPSA) is 63.0 Å². The van der Waals surface area contributed by atoms with E-state index >= 15 is 0 Å². The second-order valence-electron chi connectivity index (χ2n) is 5.89. The average Bonchev–Trinajstić information content (AvgIpc) is 2.94. The van der Waals surface area contributed by atoms with Crippen LogP contribution in [0.15, 0.2) is 24.4 Å². The van der Waals surface area contributed by atoms with E-state index in [0.717, 1.165) is 30.8 Å². The Bertz CT molecular complexity index is 574. The zero-order chi connectivity index (χ0) is 15.9. The minimum Gasteiger partial charge on any atom is -0.396 e. The van der Waals surface area contributed by atoms with Crippen LogP contribution >= 0.6 is 0 Å². The third-order valence-electron chi connectivity index (χ3n) is 3.83. The van der Waals surface area contributed by atoms with Crippen LogP contribution in [0.4, 0.5) is 0 Å². The number of aromatic nitrogens is 3. The van der Waals surface area contributed by atoms with E-state index in [4.69, 9.17) is 5.11 Å². The summed E-state index contributed by atoms with van der Waals surface area (Å²) in [6.07, 6.45) is 3.72. The first kappa shape index (κ1) is 16.6. The number of nitrogens with zero attached hydrogens (tertiary/aromatic N) is 3. The van der Waals surface area contributed by atoms with Crippen molar-refractivity contribution in [1.29, 1.82) is 0 Å². The molecule has 2 rings (SSSR count). The van der Waals surface area contributed by atoms with Gasteiger partial charge in [0.2, 0.25) is 0 Å². The summed E-state index contributed by atoms with van der Waals surface area (Å²) in [4.78, 5) is 1.68. The predicted octanol–water partition coefficient (Wildman–Crippen LogP) is 2.38. The fourth-order valence-electron chi connectivity index (χ4n) is 2.60. The van der Waals surface area contributed by atoms with Crippen molar-refractivity contribution >= 4 is 0 Å². The normalized spacial score (nSPS) is 12.5. The van der Waals surface area contributed by atoms with E-state index in [9.17, 15) is 0 Å². The molecule has 0 saturated heterocycles. The minimum absolute atomic E-state index is 0.253. The highest BCUT2D eigenvalue weighted by molar-refractivity contribution is 5.37. The van der Waals surface area contributed by atoms with Crippen LogP contribution in [0.3, 0.4) is 0 Å². The van der Waals surface area contributed by atoms with Crippen LogP contribution in [-0.2, 0) is 6.54 Å². The number of rotatable bonds is 8. The molecule has 1 unspecified atom stereocenters. The Morgan fingerprint density at radius 3 is 2.59 bits per heavy atom. The van der Waals surface area contributed by atoms with Crippen molar-refractivity contribution in [3.63, 3.8) is 0 Å². The van der Waals surface area contributed by atoms with Gasteiger partial charge in [-0.3, -0.25) is 0 Å². The molecule has 5 heteroatoms. The molecule has 2 N–H and O–H groups in total. The quantitative estimate of drug-likeness (QED) is 0.786. The van der Waals surface area contributed by atoms with Gasteiger partial charge in [-0.25, -0.2) is 0 Å². The Hall–Kier alpha value is -1.72. The van der Waals surface area contributed by atoms with Gasteiger partial charge in [0.05, 0.1) is 17.6 Å². The molecule has 0 aliphatic carbocycles. The molecule has 5 nitrogen and oxygen atoms in total. The van der Waals surface area contributed by atoms with Gasteiger partial charge in [0.1, 0.15) is 0 Å². The SMILES string of the molecule is CCC(CCO)CNCc1cnn(-c2cc(C)cc(C)c2)n1. The van der Waals surface area contributed by atoms with Crippen molar-refractivity contribution in [1.82, 2.24) is 20.3 Å².